The first-order valence-electron chi connectivity index (χ1n) is 8.94. The van der Waals surface area contributed by atoms with Crippen molar-refractivity contribution in [2.75, 3.05) is 0 Å². The van der Waals surface area contributed by atoms with Gasteiger partial charge in [-0.15, -0.1) is 11.8 Å². The average Bonchev–Trinajstić information content (AvgIpc) is 2.73. The molecule has 2 nitrogen and oxygen atoms in total. The lowest BCUT2D eigenvalue weighted by atomic mass is 10.1. The Bertz CT molecular complexity index is 1120. The molecule has 0 bridgehead atoms. The summed E-state index contributed by atoms with van der Waals surface area (Å²) in [6.07, 6.45) is -5.66. The standard InChI is InChI=1S/C21H14ClF7N2S/c22-15-8-5-13(6-9-15)12-32-18-10-7-14(16-3-1-2-4-17(16)18)11-30-31-21(28,29)19(23,24)20(25,26)27/h1-11,31H,12H2/b30-11+. The van der Waals surface area contributed by atoms with Crippen LogP contribution in [0.3, 0.4) is 0 Å². The van der Waals surface area contributed by atoms with E-state index < -0.39 is 18.1 Å². The highest BCUT2D eigenvalue weighted by atomic mass is 35.5. The largest absolute Gasteiger partial charge is 0.462 e. The summed E-state index contributed by atoms with van der Waals surface area (Å²) in [5.74, 6) is -5.67. The van der Waals surface area contributed by atoms with E-state index in [1.807, 2.05) is 12.1 Å². The number of nitrogens with zero attached hydrogens (tertiary/aromatic N) is 1. The van der Waals surface area contributed by atoms with Gasteiger partial charge in [-0.1, -0.05) is 54.1 Å². The van der Waals surface area contributed by atoms with Gasteiger partial charge in [0, 0.05) is 21.2 Å². The molecule has 3 aromatic carbocycles. The maximum Gasteiger partial charge on any atom is 0.462 e. The number of thioether (sulfide) groups is 1. The number of hydrogen-bond donors (Lipinski definition) is 1. The highest BCUT2D eigenvalue weighted by molar-refractivity contribution is 7.98. The van der Waals surface area contributed by atoms with Crippen LogP contribution < -0.4 is 5.43 Å². The fourth-order valence-corrected chi connectivity index (χ4v) is 3.84. The number of alkyl halides is 7. The van der Waals surface area contributed by atoms with Crippen LogP contribution in [0.2, 0.25) is 5.02 Å². The van der Waals surface area contributed by atoms with E-state index in [0.717, 1.165) is 22.1 Å². The van der Waals surface area contributed by atoms with Crippen molar-refractivity contribution in [1.29, 1.82) is 0 Å². The van der Waals surface area contributed by atoms with E-state index in [1.165, 1.54) is 17.8 Å². The first-order valence-corrected chi connectivity index (χ1v) is 10.3. The second-order valence-electron chi connectivity index (χ2n) is 6.63. The second-order valence-corrected chi connectivity index (χ2v) is 8.08. The summed E-state index contributed by atoms with van der Waals surface area (Å²) in [6.45, 7) is 0. The van der Waals surface area contributed by atoms with Crippen molar-refractivity contribution < 1.29 is 30.7 Å². The van der Waals surface area contributed by atoms with E-state index in [1.54, 1.807) is 42.5 Å². The van der Waals surface area contributed by atoms with Gasteiger partial charge >= 0.3 is 18.1 Å². The van der Waals surface area contributed by atoms with Crippen LogP contribution in [0.25, 0.3) is 10.8 Å². The van der Waals surface area contributed by atoms with Crippen molar-refractivity contribution in [3.05, 3.63) is 76.8 Å². The van der Waals surface area contributed by atoms with E-state index in [9.17, 15) is 30.7 Å². The number of rotatable bonds is 7. The molecule has 170 valence electrons. The monoisotopic (exact) mass is 494 g/mol. The van der Waals surface area contributed by atoms with Crippen LogP contribution in [0.5, 0.6) is 0 Å². The molecular weight excluding hydrogens is 481 g/mol. The van der Waals surface area contributed by atoms with Gasteiger partial charge in [0.25, 0.3) is 0 Å². The van der Waals surface area contributed by atoms with Gasteiger partial charge < -0.3 is 0 Å². The Morgan fingerprint density at radius 1 is 0.844 bits per heavy atom. The molecule has 11 heteroatoms. The molecule has 0 aromatic heterocycles. The molecule has 0 aliphatic heterocycles. The van der Waals surface area contributed by atoms with Crippen molar-refractivity contribution in [1.82, 2.24) is 5.43 Å². The molecule has 0 aliphatic carbocycles. The van der Waals surface area contributed by atoms with Crippen LogP contribution in [0.4, 0.5) is 30.7 Å². The number of hydrazone groups is 1. The van der Waals surface area contributed by atoms with Crippen LogP contribution in [0, 0.1) is 0 Å². The van der Waals surface area contributed by atoms with Gasteiger partial charge in [0.15, 0.2) is 0 Å². The third kappa shape index (κ3) is 5.12. The minimum absolute atomic E-state index is 0.259. The summed E-state index contributed by atoms with van der Waals surface area (Å²) in [4.78, 5) is 0.856. The Morgan fingerprint density at radius 2 is 1.47 bits per heavy atom. The lowest BCUT2D eigenvalue weighted by molar-refractivity contribution is -0.361. The van der Waals surface area contributed by atoms with Crippen LogP contribution in [0.15, 0.2) is 70.7 Å². The topological polar surface area (TPSA) is 24.4 Å². The van der Waals surface area contributed by atoms with Gasteiger partial charge in [-0.3, -0.25) is 0 Å². The lowest BCUT2D eigenvalue weighted by Crippen LogP contribution is -2.58. The molecule has 0 saturated heterocycles. The Balaban J connectivity index is 1.81. The molecule has 0 radical (unpaired) electrons. The van der Waals surface area contributed by atoms with Crippen molar-refractivity contribution >= 4 is 40.3 Å². The number of benzene rings is 3. The number of hydrogen-bond acceptors (Lipinski definition) is 3. The van der Waals surface area contributed by atoms with Gasteiger partial charge in [-0.2, -0.15) is 35.8 Å². The molecule has 3 aromatic rings. The summed E-state index contributed by atoms with van der Waals surface area (Å²) in [6, 6.07) is 11.7. The van der Waals surface area contributed by atoms with E-state index in [4.69, 9.17) is 11.6 Å². The second kappa shape index (κ2) is 9.19. The lowest BCUT2D eigenvalue weighted by Gasteiger charge is -2.27. The van der Waals surface area contributed by atoms with Gasteiger partial charge in [0.2, 0.25) is 0 Å². The maximum atomic E-state index is 13.4. The third-order valence-electron chi connectivity index (χ3n) is 4.38. The summed E-state index contributed by atoms with van der Waals surface area (Å²) in [5.41, 5.74) is 1.91. The SMILES string of the molecule is FC(F)(F)C(F)(F)C(F)(F)N/N=C/c1ccc(SCc2ccc(Cl)cc2)c2ccccc12. The smallest absolute Gasteiger partial charge is 0.242 e. The zero-order valence-electron chi connectivity index (χ0n) is 15.9. The Morgan fingerprint density at radius 3 is 2.09 bits per heavy atom. The molecule has 32 heavy (non-hydrogen) atoms. The average molecular weight is 495 g/mol. The normalized spacial score (nSPS) is 13.1. The van der Waals surface area contributed by atoms with E-state index >= 15 is 0 Å². The molecule has 0 unspecified atom stereocenters. The number of nitrogens with one attached hydrogen (secondary N) is 1. The molecular formula is C21H14ClF7N2S. The predicted octanol–water partition coefficient (Wildman–Crippen LogP) is 7.50. The van der Waals surface area contributed by atoms with E-state index in [2.05, 4.69) is 5.10 Å². The number of halogens is 8. The zero-order chi connectivity index (χ0) is 23.6. The van der Waals surface area contributed by atoms with Crippen LogP contribution >= 0.6 is 23.4 Å². The molecule has 0 amide bonds. The van der Waals surface area contributed by atoms with Crippen molar-refractivity contribution in [3.8, 4) is 0 Å². The number of fused-ring (bicyclic) bond motifs is 1. The Kier molecular flexibility index (Phi) is 6.94. The van der Waals surface area contributed by atoms with Gasteiger partial charge in [0.05, 0.1) is 6.21 Å². The van der Waals surface area contributed by atoms with Gasteiger partial charge in [0.1, 0.15) is 0 Å². The van der Waals surface area contributed by atoms with Crippen LogP contribution in [-0.4, -0.2) is 24.4 Å². The molecule has 0 spiro atoms. The fourth-order valence-electron chi connectivity index (χ4n) is 2.71. The minimum Gasteiger partial charge on any atom is -0.242 e. The quantitative estimate of drug-likeness (QED) is 0.121. The summed E-state index contributed by atoms with van der Waals surface area (Å²) in [5, 5.41) is 4.86. The molecule has 0 atom stereocenters. The molecule has 3 rings (SSSR count). The van der Waals surface area contributed by atoms with Crippen LogP contribution in [0.1, 0.15) is 11.1 Å². The summed E-state index contributed by atoms with van der Waals surface area (Å²) < 4.78 is 89.3. The fraction of sp³-hybridized carbons (Fsp3) is 0.190. The third-order valence-corrected chi connectivity index (χ3v) is 5.78. The van der Waals surface area contributed by atoms with Crippen LogP contribution in [-0.2, 0) is 5.75 Å². The Labute approximate surface area is 187 Å². The highest BCUT2D eigenvalue weighted by Gasteiger charge is 2.73. The van der Waals surface area contributed by atoms with E-state index in [-0.39, 0.29) is 5.56 Å². The molecule has 0 heterocycles. The molecule has 0 saturated carbocycles. The first kappa shape index (κ1) is 24.2. The molecule has 0 aliphatic rings. The molecule has 1 N–H and O–H groups in total. The molecule has 0 fully saturated rings. The maximum absolute atomic E-state index is 13.4. The zero-order valence-corrected chi connectivity index (χ0v) is 17.5. The summed E-state index contributed by atoms with van der Waals surface area (Å²) in [7, 11) is 0. The van der Waals surface area contributed by atoms with Crippen molar-refractivity contribution in [2.45, 2.75) is 28.8 Å². The van der Waals surface area contributed by atoms with Gasteiger partial charge in [-0.25, -0.2) is 5.43 Å². The van der Waals surface area contributed by atoms with Crippen molar-refractivity contribution in [3.63, 3.8) is 0 Å². The predicted molar refractivity (Wildman–Crippen MR) is 112 cm³/mol. The van der Waals surface area contributed by atoms with Crippen molar-refractivity contribution in [2.24, 2.45) is 5.10 Å². The minimum atomic E-state index is -6.44. The summed E-state index contributed by atoms with van der Waals surface area (Å²) >= 11 is 7.38. The van der Waals surface area contributed by atoms with E-state index in [0.29, 0.717) is 21.6 Å². The van der Waals surface area contributed by atoms with Gasteiger partial charge in [-0.05, 0) is 34.5 Å². The Hall–Kier alpha value is -2.46. The highest BCUT2D eigenvalue weighted by Crippen LogP contribution is 2.45. The first-order chi connectivity index (χ1) is 14.9.